The van der Waals surface area contributed by atoms with Gasteiger partial charge in [0.1, 0.15) is 5.15 Å². The minimum absolute atomic E-state index is 0.361. The molecule has 1 N–H and O–H groups in total. The van der Waals surface area contributed by atoms with Gasteiger partial charge in [-0.25, -0.2) is 4.98 Å². The molecule has 0 atom stereocenters. The summed E-state index contributed by atoms with van der Waals surface area (Å²) in [6, 6.07) is 3.74. The Morgan fingerprint density at radius 1 is 1.46 bits per heavy atom. The van der Waals surface area contributed by atoms with Crippen molar-refractivity contribution in [2.45, 2.75) is 31.3 Å². The summed E-state index contributed by atoms with van der Waals surface area (Å²) in [6.07, 6.45) is 5.41. The molecule has 1 aromatic heterocycles. The lowest BCUT2D eigenvalue weighted by Gasteiger charge is -2.06. The molecule has 0 saturated heterocycles. The predicted octanol–water partition coefficient (Wildman–Crippen LogP) is 2.19. The zero-order valence-corrected chi connectivity index (χ0v) is 8.09. The average Bonchev–Trinajstić information content (AvgIpc) is 2.84. The molecular weight excluding hydrogens is 186 g/mol. The zero-order chi connectivity index (χ0) is 9.31. The van der Waals surface area contributed by atoms with Crippen LogP contribution in [0.25, 0.3) is 0 Å². The number of halogens is 1. The monoisotopic (exact) mass is 197 g/mol. The predicted molar refractivity (Wildman–Crippen MR) is 51.8 cm³/mol. The van der Waals surface area contributed by atoms with Crippen molar-refractivity contribution < 1.29 is 5.11 Å². The maximum atomic E-state index is 9.60. The lowest BCUT2D eigenvalue weighted by atomic mass is 10.1. The summed E-state index contributed by atoms with van der Waals surface area (Å²) in [5.74, 6) is 0. The summed E-state index contributed by atoms with van der Waals surface area (Å²) in [6.45, 7) is 0. The van der Waals surface area contributed by atoms with E-state index in [1.807, 2.05) is 6.07 Å². The number of hydrogen-bond donors (Lipinski definition) is 1. The third-order valence-corrected chi connectivity index (χ3v) is 2.72. The fourth-order valence-corrected chi connectivity index (χ4v) is 1.44. The molecule has 3 heteroatoms. The summed E-state index contributed by atoms with van der Waals surface area (Å²) in [4.78, 5) is 3.98. The Morgan fingerprint density at radius 2 is 2.23 bits per heavy atom. The average molecular weight is 198 g/mol. The topological polar surface area (TPSA) is 33.1 Å². The van der Waals surface area contributed by atoms with Crippen LogP contribution in [0.2, 0.25) is 5.15 Å². The maximum Gasteiger partial charge on any atom is 0.129 e. The van der Waals surface area contributed by atoms with Crippen molar-refractivity contribution in [2.24, 2.45) is 0 Å². The first-order chi connectivity index (χ1) is 6.18. The van der Waals surface area contributed by atoms with E-state index in [0.29, 0.717) is 5.15 Å². The van der Waals surface area contributed by atoms with Crippen molar-refractivity contribution >= 4 is 11.6 Å². The summed E-state index contributed by atoms with van der Waals surface area (Å²) in [5.41, 5.74) is 0.782. The van der Waals surface area contributed by atoms with Crippen LogP contribution in [0.15, 0.2) is 18.3 Å². The van der Waals surface area contributed by atoms with Crippen LogP contribution in [0, 0.1) is 0 Å². The molecular formula is C10H12ClNO. The second-order valence-corrected chi connectivity index (χ2v) is 4.10. The molecule has 1 aliphatic rings. The number of aliphatic hydroxyl groups is 1. The molecule has 0 radical (unpaired) electrons. The third kappa shape index (κ3) is 2.42. The van der Waals surface area contributed by atoms with Crippen molar-refractivity contribution in [3.8, 4) is 0 Å². The molecule has 0 bridgehead atoms. The molecule has 0 aromatic carbocycles. The molecule has 1 fully saturated rings. The smallest absolute Gasteiger partial charge is 0.129 e. The molecule has 0 amide bonds. The van der Waals surface area contributed by atoms with Crippen LogP contribution in [0.4, 0.5) is 0 Å². The normalized spacial score (nSPS) is 18.6. The summed E-state index contributed by atoms with van der Waals surface area (Å²) in [5, 5.41) is 10.1. The van der Waals surface area contributed by atoms with Crippen molar-refractivity contribution in [2.75, 3.05) is 0 Å². The highest BCUT2D eigenvalue weighted by Gasteiger charge is 2.39. The quantitative estimate of drug-likeness (QED) is 0.754. The van der Waals surface area contributed by atoms with Crippen molar-refractivity contribution in [3.63, 3.8) is 0 Å². The molecule has 70 valence electrons. The van der Waals surface area contributed by atoms with Crippen LogP contribution in [0.5, 0.6) is 0 Å². The van der Waals surface area contributed by atoms with Crippen LogP contribution in [-0.4, -0.2) is 15.7 Å². The summed E-state index contributed by atoms with van der Waals surface area (Å²) >= 11 is 5.65. The van der Waals surface area contributed by atoms with Gasteiger partial charge in [0.25, 0.3) is 0 Å². The van der Waals surface area contributed by atoms with E-state index < -0.39 is 0 Å². The standard InChI is InChI=1S/C10H12ClNO/c11-9-2-1-8(7-12-9)3-4-10(13)5-6-10/h1-2,7,13H,3-6H2. The van der Waals surface area contributed by atoms with Crippen molar-refractivity contribution in [3.05, 3.63) is 29.0 Å². The van der Waals surface area contributed by atoms with E-state index in [9.17, 15) is 5.11 Å². The lowest BCUT2D eigenvalue weighted by molar-refractivity contribution is 0.140. The number of rotatable bonds is 3. The molecule has 13 heavy (non-hydrogen) atoms. The maximum absolute atomic E-state index is 9.60. The molecule has 1 saturated carbocycles. The highest BCUT2D eigenvalue weighted by molar-refractivity contribution is 6.29. The molecule has 0 aliphatic heterocycles. The molecule has 2 rings (SSSR count). The van der Waals surface area contributed by atoms with Gasteiger partial charge in [-0.15, -0.1) is 0 Å². The van der Waals surface area contributed by atoms with Crippen molar-refractivity contribution in [1.29, 1.82) is 0 Å². The second kappa shape index (κ2) is 3.28. The Hall–Kier alpha value is -0.600. The lowest BCUT2D eigenvalue weighted by Crippen LogP contribution is -2.07. The number of aryl methyl sites for hydroxylation is 1. The molecule has 1 heterocycles. The fourth-order valence-electron chi connectivity index (χ4n) is 1.33. The zero-order valence-electron chi connectivity index (χ0n) is 7.33. The Kier molecular flexibility index (Phi) is 2.26. The highest BCUT2D eigenvalue weighted by atomic mass is 35.5. The Morgan fingerprint density at radius 3 is 2.77 bits per heavy atom. The fraction of sp³-hybridized carbons (Fsp3) is 0.500. The van der Waals surface area contributed by atoms with Gasteiger partial charge in [-0.3, -0.25) is 0 Å². The van der Waals surface area contributed by atoms with Crippen LogP contribution >= 0.6 is 11.6 Å². The number of nitrogens with zero attached hydrogens (tertiary/aromatic N) is 1. The molecule has 0 unspecified atom stereocenters. The molecule has 1 aliphatic carbocycles. The largest absolute Gasteiger partial charge is 0.390 e. The first-order valence-electron chi connectivity index (χ1n) is 4.51. The van der Waals surface area contributed by atoms with Crippen LogP contribution in [0.3, 0.4) is 0 Å². The molecule has 1 aromatic rings. The van der Waals surface area contributed by atoms with E-state index in [1.165, 1.54) is 0 Å². The van der Waals surface area contributed by atoms with E-state index in [1.54, 1.807) is 12.3 Å². The summed E-state index contributed by atoms with van der Waals surface area (Å²) in [7, 11) is 0. The number of aromatic nitrogens is 1. The van der Waals surface area contributed by atoms with Gasteiger partial charge in [-0.1, -0.05) is 17.7 Å². The Bertz CT molecular complexity index is 292. The van der Waals surface area contributed by atoms with Gasteiger partial charge < -0.3 is 5.11 Å². The van der Waals surface area contributed by atoms with Crippen LogP contribution in [-0.2, 0) is 6.42 Å². The Balaban J connectivity index is 1.91. The van der Waals surface area contributed by atoms with E-state index in [-0.39, 0.29) is 5.60 Å². The van der Waals surface area contributed by atoms with Gasteiger partial charge >= 0.3 is 0 Å². The second-order valence-electron chi connectivity index (χ2n) is 3.71. The first-order valence-corrected chi connectivity index (χ1v) is 4.89. The van der Waals surface area contributed by atoms with Crippen LogP contribution in [0.1, 0.15) is 24.8 Å². The van der Waals surface area contributed by atoms with Crippen LogP contribution < -0.4 is 0 Å². The van der Waals surface area contributed by atoms with Gasteiger partial charge in [0, 0.05) is 6.20 Å². The van der Waals surface area contributed by atoms with Gasteiger partial charge in [-0.2, -0.15) is 0 Å². The third-order valence-electron chi connectivity index (χ3n) is 2.49. The highest BCUT2D eigenvalue weighted by Crippen LogP contribution is 2.39. The molecule has 2 nitrogen and oxygen atoms in total. The van der Waals surface area contributed by atoms with Gasteiger partial charge in [0.2, 0.25) is 0 Å². The van der Waals surface area contributed by atoms with E-state index >= 15 is 0 Å². The Labute approximate surface area is 82.6 Å². The minimum atomic E-state index is -0.361. The van der Waals surface area contributed by atoms with Gasteiger partial charge in [0.15, 0.2) is 0 Å². The number of hydrogen-bond acceptors (Lipinski definition) is 2. The first kappa shape index (κ1) is 8.97. The molecule has 0 spiro atoms. The van der Waals surface area contributed by atoms with Crippen molar-refractivity contribution in [1.82, 2.24) is 4.98 Å². The number of pyridine rings is 1. The summed E-state index contributed by atoms with van der Waals surface area (Å²) < 4.78 is 0. The minimum Gasteiger partial charge on any atom is -0.390 e. The SMILES string of the molecule is OC1(CCc2ccc(Cl)nc2)CC1. The van der Waals surface area contributed by atoms with Gasteiger partial charge in [-0.05, 0) is 37.3 Å². The van der Waals surface area contributed by atoms with E-state index in [4.69, 9.17) is 11.6 Å². The van der Waals surface area contributed by atoms with E-state index in [2.05, 4.69) is 4.98 Å². The van der Waals surface area contributed by atoms with E-state index in [0.717, 1.165) is 31.2 Å². The van der Waals surface area contributed by atoms with Gasteiger partial charge in [0.05, 0.1) is 5.60 Å².